The monoisotopic (exact) mass is 320 g/mol. The van der Waals surface area contributed by atoms with E-state index in [9.17, 15) is 4.39 Å². The predicted octanol–water partition coefficient (Wildman–Crippen LogP) is 3.02. The molecule has 0 amide bonds. The molecule has 4 heteroatoms. The van der Waals surface area contributed by atoms with Crippen LogP contribution in [-0.4, -0.2) is 19.6 Å². The number of phenols is 1. The molecule has 0 atom stereocenters. The van der Waals surface area contributed by atoms with Gasteiger partial charge in [-0.25, -0.2) is 0 Å². The Morgan fingerprint density at radius 3 is 2.64 bits per heavy atom. The number of halogens is 2. The van der Waals surface area contributed by atoms with Gasteiger partial charge >= 0.3 is 95.2 Å². The van der Waals surface area contributed by atoms with Gasteiger partial charge in [0, 0.05) is 0 Å². The maximum atomic E-state index is 13.1. The molecule has 0 aliphatic heterocycles. The minimum atomic E-state index is -0.571. The van der Waals surface area contributed by atoms with Gasteiger partial charge in [0.2, 0.25) is 0 Å². The van der Waals surface area contributed by atoms with Crippen molar-refractivity contribution in [1.82, 2.24) is 0 Å². The molecule has 2 aromatic rings. The zero-order valence-corrected chi connectivity index (χ0v) is 10.3. The molecule has 0 unspecified atom stereocenters. The van der Waals surface area contributed by atoms with Crippen molar-refractivity contribution >= 4 is 30.4 Å². The molecule has 2 rings (SSSR count). The standard InChI is InChI=1S/C10H6BrFOSe/c11-7-3-4-14-10(7)6-1-2-9(13)8(12)5-6/h1-5,13H. The fourth-order valence-electron chi connectivity index (χ4n) is 1.15. The summed E-state index contributed by atoms with van der Waals surface area (Å²) >= 11 is 3.66. The zero-order chi connectivity index (χ0) is 10.1. The van der Waals surface area contributed by atoms with Gasteiger partial charge in [-0.2, -0.15) is 0 Å². The number of aromatic hydroxyl groups is 1. The first-order valence-electron chi connectivity index (χ1n) is 3.90. The van der Waals surface area contributed by atoms with Crippen LogP contribution in [0.5, 0.6) is 5.75 Å². The summed E-state index contributed by atoms with van der Waals surface area (Å²) in [5, 5.41) is 9.04. The van der Waals surface area contributed by atoms with Crippen LogP contribution in [0.25, 0.3) is 10.0 Å². The van der Waals surface area contributed by atoms with E-state index in [1.807, 2.05) is 6.07 Å². The maximum absolute atomic E-state index is 13.1. The van der Waals surface area contributed by atoms with Gasteiger partial charge in [-0.3, -0.25) is 0 Å². The third kappa shape index (κ3) is 1.78. The Kier molecular flexibility index (Phi) is 2.77. The average molecular weight is 320 g/mol. The summed E-state index contributed by atoms with van der Waals surface area (Å²) in [7, 11) is 0. The van der Waals surface area contributed by atoms with Crippen molar-refractivity contribution in [1.29, 1.82) is 0 Å². The molecule has 0 saturated carbocycles. The summed E-state index contributed by atoms with van der Waals surface area (Å²) < 4.78 is 15.2. The van der Waals surface area contributed by atoms with Crippen molar-refractivity contribution in [3.05, 3.63) is 39.5 Å². The topological polar surface area (TPSA) is 20.2 Å². The van der Waals surface area contributed by atoms with Crippen LogP contribution in [0, 0.1) is 5.82 Å². The average Bonchev–Trinajstić information content (AvgIpc) is 2.57. The molecule has 1 aromatic carbocycles. The second-order valence-electron chi connectivity index (χ2n) is 2.76. The van der Waals surface area contributed by atoms with Crippen LogP contribution < -0.4 is 0 Å². The molecule has 0 bridgehead atoms. The first kappa shape index (κ1) is 9.96. The SMILES string of the molecule is Oc1ccc(-c2[se]ccc2Br)cc1F. The second-order valence-corrected chi connectivity index (χ2v) is 5.54. The quantitative estimate of drug-likeness (QED) is 0.801. The molecular weight excluding hydrogens is 314 g/mol. The Balaban J connectivity index is 2.53. The predicted molar refractivity (Wildman–Crippen MR) is 58.1 cm³/mol. The molecule has 0 aliphatic rings. The summed E-state index contributed by atoms with van der Waals surface area (Å²) in [5.41, 5.74) is 0.831. The summed E-state index contributed by atoms with van der Waals surface area (Å²) in [6.45, 7) is 0. The van der Waals surface area contributed by atoms with Crippen LogP contribution in [-0.2, 0) is 0 Å². The van der Waals surface area contributed by atoms with E-state index in [-0.39, 0.29) is 20.3 Å². The fourth-order valence-corrected chi connectivity index (χ4v) is 4.03. The third-order valence-electron chi connectivity index (χ3n) is 1.83. The Hall–Kier alpha value is -0.571. The Morgan fingerprint density at radius 2 is 2.07 bits per heavy atom. The number of hydrogen-bond donors (Lipinski definition) is 1. The van der Waals surface area contributed by atoms with Crippen molar-refractivity contribution in [3.63, 3.8) is 0 Å². The van der Waals surface area contributed by atoms with Gasteiger partial charge in [-0.1, -0.05) is 0 Å². The van der Waals surface area contributed by atoms with Gasteiger partial charge in [0.05, 0.1) is 0 Å². The molecule has 0 saturated heterocycles. The van der Waals surface area contributed by atoms with Gasteiger partial charge < -0.3 is 0 Å². The van der Waals surface area contributed by atoms with Crippen molar-refractivity contribution in [3.8, 4) is 15.8 Å². The Bertz CT molecular complexity index is 467. The van der Waals surface area contributed by atoms with E-state index in [0.29, 0.717) is 0 Å². The number of benzene rings is 1. The number of phenolic OH excluding ortho intramolecular Hbond substituents is 1. The molecule has 1 N–H and O–H groups in total. The molecule has 72 valence electrons. The molecule has 0 fully saturated rings. The van der Waals surface area contributed by atoms with Crippen LogP contribution in [0.4, 0.5) is 4.39 Å². The van der Waals surface area contributed by atoms with Gasteiger partial charge in [-0.05, 0) is 0 Å². The summed E-state index contributed by atoms with van der Waals surface area (Å²) in [4.78, 5) is 2.07. The molecular formula is C10H6BrFOSe. The zero-order valence-electron chi connectivity index (χ0n) is 7.00. The van der Waals surface area contributed by atoms with Gasteiger partial charge in [0.1, 0.15) is 0 Å². The van der Waals surface area contributed by atoms with E-state index in [0.717, 1.165) is 14.5 Å². The number of hydrogen-bond acceptors (Lipinski definition) is 1. The Morgan fingerprint density at radius 1 is 1.29 bits per heavy atom. The van der Waals surface area contributed by atoms with Crippen molar-refractivity contribution < 1.29 is 9.50 Å². The molecule has 0 aliphatic carbocycles. The van der Waals surface area contributed by atoms with Gasteiger partial charge in [-0.15, -0.1) is 0 Å². The van der Waals surface area contributed by atoms with Crippen LogP contribution in [0.3, 0.4) is 0 Å². The fraction of sp³-hybridized carbons (Fsp3) is 0. The molecule has 0 spiro atoms. The molecule has 1 heterocycles. The molecule has 1 nitrogen and oxygen atoms in total. The van der Waals surface area contributed by atoms with Crippen molar-refractivity contribution in [2.24, 2.45) is 0 Å². The van der Waals surface area contributed by atoms with E-state index in [1.54, 1.807) is 6.07 Å². The number of rotatable bonds is 1. The summed E-state index contributed by atoms with van der Waals surface area (Å²) in [5.74, 6) is -0.873. The summed E-state index contributed by atoms with van der Waals surface area (Å²) in [6.07, 6.45) is 0. The second kappa shape index (κ2) is 3.89. The van der Waals surface area contributed by atoms with E-state index < -0.39 is 5.82 Å². The van der Waals surface area contributed by atoms with Crippen LogP contribution in [0.2, 0.25) is 0 Å². The molecule has 14 heavy (non-hydrogen) atoms. The molecule has 0 radical (unpaired) electrons. The Labute approximate surface area is 95.1 Å². The van der Waals surface area contributed by atoms with E-state index in [2.05, 4.69) is 20.9 Å². The van der Waals surface area contributed by atoms with Gasteiger partial charge in [0.15, 0.2) is 0 Å². The van der Waals surface area contributed by atoms with Crippen LogP contribution in [0.15, 0.2) is 33.7 Å². The van der Waals surface area contributed by atoms with Crippen LogP contribution in [0.1, 0.15) is 0 Å². The first-order valence-corrected chi connectivity index (χ1v) is 6.54. The van der Waals surface area contributed by atoms with Crippen LogP contribution >= 0.6 is 15.9 Å². The minimum absolute atomic E-state index is 0.252. The van der Waals surface area contributed by atoms with E-state index in [1.165, 1.54) is 12.1 Å². The normalized spacial score (nSPS) is 10.4. The molecule has 1 aromatic heterocycles. The van der Waals surface area contributed by atoms with E-state index >= 15 is 0 Å². The third-order valence-corrected chi connectivity index (χ3v) is 5.10. The summed E-state index contributed by atoms with van der Waals surface area (Å²) in [6, 6.07) is 6.44. The van der Waals surface area contributed by atoms with Crippen molar-refractivity contribution in [2.75, 3.05) is 0 Å². The first-order chi connectivity index (χ1) is 6.68. The van der Waals surface area contributed by atoms with Crippen molar-refractivity contribution in [2.45, 2.75) is 0 Å². The van der Waals surface area contributed by atoms with Gasteiger partial charge in [0.25, 0.3) is 0 Å². The van der Waals surface area contributed by atoms with E-state index in [4.69, 9.17) is 5.11 Å².